The number of rotatable bonds is 0. The van der Waals surface area contributed by atoms with Gasteiger partial charge in [-0.3, -0.25) is 0 Å². The van der Waals surface area contributed by atoms with Gasteiger partial charge in [0.2, 0.25) is 0 Å². The molecule has 0 spiro atoms. The molecule has 0 N–H and O–H groups in total. The summed E-state index contributed by atoms with van der Waals surface area (Å²) in [5, 5.41) is 18.6. The highest BCUT2D eigenvalue weighted by Gasteiger charge is 2.14. The predicted molar refractivity (Wildman–Crippen MR) is 61.2 cm³/mol. The maximum absolute atomic E-state index is 9.03. The number of pyridine rings is 1. The summed E-state index contributed by atoms with van der Waals surface area (Å²) in [6.07, 6.45) is 0. The van der Waals surface area contributed by atoms with E-state index in [2.05, 4.69) is 4.98 Å². The van der Waals surface area contributed by atoms with E-state index in [0.717, 1.165) is 0 Å². The molecule has 0 fully saturated rings. The van der Waals surface area contributed by atoms with Crippen LogP contribution in [0, 0.1) is 22.7 Å². The van der Waals surface area contributed by atoms with Gasteiger partial charge < -0.3 is 0 Å². The number of hydrogen-bond acceptors (Lipinski definition) is 3. The van der Waals surface area contributed by atoms with E-state index in [-0.39, 0.29) is 15.7 Å². The fraction of sp³-hybridized carbons (Fsp3) is 0. The molecule has 0 aliphatic heterocycles. The zero-order valence-electron chi connectivity index (χ0n) is 7.83. The van der Waals surface area contributed by atoms with Crippen molar-refractivity contribution in [2.24, 2.45) is 0 Å². The van der Waals surface area contributed by atoms with E-state index in [1.807, 2.05) is 12.1 Å². The third kappa shape index (κ3) is 1.47. The van der Waals surface area contributed by atoms with Crippen LogP contribution in [-0.4, -0.2) is 4.98 Å². The van der Waals surface area contributed by atoms with Crippen molar-refractivity contribution in [3.8, 4) is 12.1 Å². The van der Waals surface area contributed by atoms with Crippen LogP contribution in [0.15, 0.2) is 18.2 Å². The van der Waals surface area contributed by atoms with Crippen molar-refractivity contribution in [2.75, 3.05) is 0 Å². The first-order chi connectivity index (χ1) is 7.69. The van der Waals surface area contributed by atoms with E-state index in [0.29, 0.717) is 16.5 Å². The summed E-state index contributed by atoms with van der Waals surface area (Å²) in [7, 11) is 0. The van der Waals surface area contributed by atoms with Crippen molar-refractivity contribution in [3.05, 3.63) is 39.5 Å². The fourth-order valence-corrected chi connectivity index (χ4v) is 1.83. The lowest BCUT2D eigenvalue weighted by Crippen LogP contribution is -1.91. The first-order valence-corrected chi connectivity index (χ1v) is 5.02. The monoisotopic (exact) mass is 247 g/mol. The number of nitriles is 2. The van der Waals surface area contributed by atoms with Crippen LogP contribution < -0.4 is 0 Å². The molecule has 0 saturated carbocycles. The smallest absolute Gasteiger partial charge is 0.149 e. The fourth-order valence-electron chi connectivity index (χ4n) is 1.46. The molecule has 0 amide bonds. The van der Waals surface area contributed by atoms with Crippen LogP contribution in [0.2, 0.25) is 10.2 Å². The highest BCUT2D eigenvalue weighted by molar-refractivity contribution is 6.42. The van der Waals surface area contributed by atoms with E-state index >= 15 is 0 Å². The van der Waals surface area contributed by atoms with Gasteiger partial charge in [-0.15, -0.1) is 0 Å². The molecule has 0 radical (unpaired) electrons. The average Bonchev–Trinajstić information content (AvgIpc) is 2.30. The molecule has 1 heterocycles. The molecule has 1 aromatic heterocycles. The van der Waals surface area contributed by atoms with Crippen molar-refractivity contribution < 1.29 is 0 Å². The Bertz CT molecular complexity index is 665. The molecule has 2 aromatic rings. The van der Waals surface area contributed by atoms with Gasteiger partial charge in [-0.05, 0) is 12.1 Å². The summed E-state index contributed by atoms with van der Waals surface area (Å²) < 4.78 is 0. The van der Waals surface area contributed by atoms with Crippen molar-refractivity contribution in [3.63, 3.8) is 0 Å². The SMILES string of the molecule is N#Cc1cccc2nc(Cl)c(Cl)c(C#N)c12. The van der Waals surface area contributed by atoms with Crippen LogP contribution in [0.1, 0.15) is 11.1 Å². The third-order valence-corrected chi connectivity index (χ3v) is 2.88. The van der Waals surface area contributed by atoms with Crippen molar-refractivity contribution >= 4 is 34.1 Å². The van der Waals surface area contributed by atoms with Crippen LogP contribution in [0.5, 0.6) is 0 Å². The predicted octanol–water partition coefficient (Wildman–Crippen LogP) is 3.28. The minimum absolute atomic E-state index is 0.0702. The topological polar surface area (TPSA) is 60.5 Å². The van der Waals surface area contributed by atoms with Crippen LogP contribution in [-0.2, 0) is 0 Å². The minimum atomic E-state index is 0.0702. The number of halogens is 2. The molecule has 2 rings (SSSR count). The molecular weight excluding hydrogens is 245 g/mol. The summed E-state index contributed by atoms with van der Waals surface area (Å²) in [5.74, 6) is 0. The molecule has 5 heteroatoms. The van der Waals surface area contributed by atoms with E-state index in [1.54, 1.807) is 18.2 Å². The number of fused-ring (bicyclic) bond motifs is 1. The van der Waals surface area contributed by atoms with Gasteiger partial charge in [0.05, 0.1) is 27.7 Å². The zero-order chi connectivity index (χ0) is 11.7. The molecule has 3 nitrogen and oxygen atoms in total. The molecule has 0 bridgehead atoms. The van der Waals surface area contributed by atoms with Gasteiger partial charge in [0.1, 0.15) is 11.2 Å². The van der Waals surface area contributed by atoms with Gasteiger partial charge in [-0.25, -0.2) is 4.98 Å². The quantitative estimate of drug-likeness (QED) is 0.672. The highest BCUT2D eigenvalue weighted by Crippen LogP contribution is 2.31. The second-order valence-electron chi connectivity index (χ2n) is 3.01. The summed E-state index contributed by atoms with van der Waals surface area (Å²) in [6.45, 7) is 0. The molecule has 0 aliphatic carbocycles. The second kappa shape index (κ2) is 3.98. The Kier molecular flexibility index (Phi) is 2.66. The van der Waals surface area contributed by atoms with Crippen LogP contribution in [0.25, 0.3) is 10.9 Å². The Hall–Kier alpha value is -1.81. The Morgan fingerprint density at radius 3 is 2.50 bits per heavy atom. The molecule has 0 aliphatic rings. The third-order valence-electron chi connectivity index (χ3n) is 2.14. The summed E-state index contributed by atoms with van der Waals surface area (Å²) in [6, 6.07) is 8.91. The maximum atomic E-state index is 9.03. The average molecular weight is 248 g/mol. The zero-order valence-corrected chi connectivity index (χ0v) is 9.34. The van der Waals surface area contributed by atoms with Crippen molar-refractivity contribution in [2.45, 2.75) is 0 Å². The Balaban J connectivity index is 3.07. The van der Waals surface area contributed by atoms with E-state index in [9.17, 15) is 0 Å². The Morgan fingerprint density at radius 1 is 1.12 bits per heavy atom. The summed E-state index contributed by atoms with van der Waals surface area (Å²) in [4.78, 5) is 4.02. The maximum Gasteiger partial charge on any atom is 0.149 e. The molecule has 0 atom stereocenters. The first kappa shape index (κ1) is 10.7. The number of hydrogen-bond donors (Lipinski definition) is 0. The normalized spacial score (nSPS) is 9.75. The molecular formula is C11H3Cl2N3. The Morgan fingerprint density at radius 2 is 1.88 bits per heavy atom. The second-order valence-corrected chi connectivity index (χ2v) is 3.75. The Labute approximate surface area is 101 Å². The van der Waals surface area contributed by atoms with Gasteiger partial charge in [0.25, 0.3) is 0 Å². The summed E-state index contributed by atoms with van der Waals surface area (Å²) >= 11 is 11.7. The number of nitrogens with zero attached hydrogens (tertiary/aromatic N) is 3. The minimum Gasteiger partial charge on any atom is -0.234 e. The summed E-state index contributed by atoms with van der Waals surface area (Å²) in [5.41, 5.74) is 1.04. The van der Waals surface area contributed by atoms with Gasteiger partial charge in [0, 0.05) is 5.39 Å². The number of benzene rings is 1. The van der Waals surface area contributed by atoms with Crippen molar-refractivity contribution in [1.82, 2.24) is 4.98 Å². The van der Waals surface area contributed by atoms with Gasteiger partial charge in [-0.2, -0.15) is 10.5 Å². The van der Waals surface area contributed by atoms with Gasteiger partial charge in [0.15, 0.2) is 0 Å². The lowest BCUT2D eigenvalue weighted by molar-refractivity contribution is 1.38. The first-order valence-electron chi connectivity index (χ1n) is 4.27. The van der Waals surface area contributed by atoms with E-state index in [4.69, 9.17) is 33.7 Å². The van der Waals surface area contributed by atoms with Gasteiger partial charge in [-0.1, -0.05) is 29.3 Å². The lowest BCUT2D eigenvalue weighted by Gasteiger charge is -2.04. The molecule has 76 valence electrons. The lowest BCUT2D eigenvalue weighted by atomic mass is 10.0. The van der Waals surface area contributed by atoms with Crippen molar-refractivity contribution in [1.29, 1.82) is 10.5 Å². The highest BCUT2D eigenvalue weighted by atomic mass is 35.5. The van der Waals surface area contributed by atoms with E-state index in [1.165, 1.54) is 0 Å². The van der Waals surface area contributed by atoms with Gasteiger partial charge >= 0.3 is 0 Å². The van der Waals surface area contributed by atoms with Crippen LogP contribution in [0.3, 0.4) is 0 Å². The largest absolute Gasteiger partial charge is 0.234 e. The molecule has 0 unspecified atom stereocenters. The standard InChI is InChI=1S/C11H3Cl2N3/c12-10-7(5-15)9-6(4-14)2-1-3-8(9)16-11(10)13/h1-3H. The van der Waals surface area contributed by atoms with Crippen LogP contribution in [0.4, 0.5) is 0 Å². The number of aromatic nitrogens is 1. The van der Waals surface area contributed by atoms with Crippen LogP contribution >= 0.6 is 23.2 Å². The van der Waals surface area contributed by atoms with E-state index < -0.39 is 0 Å². The molecule has 1 aromatic carbocycles. The molecule has 16 heavy (non-hydrogen) atoms. The molecule has 0 saturated heterocycles.